The molecule has 0 heterocycles. The average molecular weight is 259 g/mol. The van der Waals surface area contributed by atoms with Crippen LogP contribution in [0.2, 0.25) is 0 Å². The Morgan fingerprint density at radius 2 is 1.89 bits per heavy atom. The van der Waals surface area contributed by atoms with E-state index >= 15 is 0 Å². The van der Waals surface area contributed by atoms with E-state index in [1.54, 1.807) is 30.3 Å². The van der Waals surface area contributed by atoms with Crippen molar-refractivity contribution in [2.45, 2.75) is 13.3 Å². The van der Waals surface area contributed by atoms with Crippen molar-refractivity contribution in [2.24, 2.45) is 0 Å². The molecule has 19 heavy (non-hydrogen) atoms. The molecule has 2 aromatic carbocycles. The number of ketones is 1. The smallest absolute Gasteiger partial charge is 0.277 e. The Morgan fingerprint density at radius 1 is 1.21 bits per heavy atom. The van der Waals surface area contributed by atoms with E-state index in [4.69, 9.17) is 4.74 Å². The summed E-state index contributed by atoms with van der Waals surface area (Å²) in [6.07, 6.45) is 0.325. The molecular weight excluding hydrogens is 246 g/mol. The van der Waals surface area contributed by atoms with Crippen molar-refractivity contribution >= 4 is 22.2 Å². The molecule has 5 heteroatoms. The van der Waals surface area contributed by atoms with Crippen LogP contribution in [0, 0.1) is 10.1 Å². The van der Waals surface area contributed by atoms with Crippen LogP contribution in [0.15, 0.2) is 36.4 Å². The van der Waals surface area contributed by atoms with Gasteiger partial charge in [-0.2, -0.15) is 0 Å². The Hall–Kier alpha value is -2.43. The van der Waals surface area contributed by atoms with Gasteiger partial charge in [-0.05, 0) is 19.1 Å². The number of nitro benzene ring substituents is 1. The van der Waals surface area contributed by atoms with Crippen LogP contribution in [0.5, 0.6) is 5.75 Å². The fraction of sp³-hybridized carbons (Fsp3) is 0.214. The van der Waals surface area contributed by atoms with Crippen molar-refractivity contribution in [1.29, 1.82) is 0 Å². The Bertz CT molecular complexity index is 636. The molecule has 2 aromatic rings. The van der Waals surface area contributed by atoms with Crippen LogP contribution >= 0.6 is 0 Å². The molecule has 0 aliphatic heterocycles. The first-order chi connectivity index (χ1) is 9.09. The maximum absolute atomic E-state index is 10.9. The number of nitro groups is 1. The molecule has 0 amide bonds. The minimum Gasteiger partial charge on any atom is -0.492 e. The van der Waals surface area contributed by atoms with Gasteiger partial charge in [0.1, 0.15) is 11.5 Å². The van der Waals surface area contributed by atoms with Gasteiger partial charge in [0.05, 0.1) is 16.9 Å². The van der Waals surface area contributed by atoms with Gasteiger partial charge in [-0.15, -0.1) is 0 Å². The Balaban J connectivity index is 2.38. The number of rotatable bonds is 5. The third-order valence-electron chi connectivity index (χ3n) is 2.77. The zero-order valence-electron chi connectivity index (χ0n) is 10.5. The Labute approximate surface area is 110 Å². The molecule has 2 rings (SSSR count). The van der Waals surface area contributed by atoms with Gasteiger partial charge in [0.2, 0.25) is 0 Å². The Morgan fingerprint density at radius 3 is 2.53 bits per heavy atom. The van der Waals surface area contributed by atoms with Crippen LogP contribution in [-0.2, 0) is 4.79 Å². The number of non-ortho nitro benzene ring substituents is 1. The van der Waals surface area contributed by atoms with Gasteiger partial charge in [0.15, 0.2) is 0 Å². The maximum Gasteiger partial charge on any atom is 0.277 e. The lowest BCUT2D eigenvalue weighted by Gasteiger charge is -2.08. The topological polar surface area (TPSA) is 69.4 Å². The minimum atomic E-state index is -0.415. The number of nitrogens with zero attached hydrogens (tertiary/aromatic N) is 1. The van der Waals surface area contributed by atoms with E-state index in [-0.39, 0.29) is 18.1 Å². The number of carbonyl (C=O) groups excluding carboxylic acids is 1. The molecule has 0 spiro atoms. The fourth-order valence-corrected chi connectivity index (χ4v) is 1.85. The summed E-state index contributed by atoms with van der Waals surface area (Å²) in [5.41, 5.74) is 0.0505. The third-order valence-corrected chi connectivity index (χ3v) is 2.77. The second kappa shape index (κ2) is 5.48. The highest BCUT2D eigenvalue weighted by Crippen LogP contribution is 2.32. The maximum atomic E-state index is 10.9. The third kappa shape index (κ3) is 2.88. The number of hydrogen-bond acceptors (Lipinski definition) is 4. The van der Waals surface area contributed by atoms with Crippen LogP contribution in [-0.4, -0.2) is 17.3 Å². The summed E-state index contributed by atoms with van der Waals surface area (Å²) in [5.74, 6) is 0.605. The van der Waals surface area contributed by atoms with E-state index in [1.807, 2.05) is 0 Å². The van der Waals surface area contributed by atoms with Gasteiger partial charge < -0.3 is 4.74 Å². The summed E-state index contributed by atoms with van der Waals surface area (Å²) in [5, 5.41) is 12.2. The highest BCUT2D eigenvalue weighted by Gasteiger charge is 2.14. The van der Waals surface area contributed by atoms with Gasteiger partial charge in [0, 0.05) is 17.9 Å². The number of carbonyl (C=O) groups is 1. The van der Waals surface area contributed by atoms with Crippen LogP contribution in [0.4, 0.5) is 5.69 Å². The SMILES string of the molecule is CC(=O)CCOc1ccc([N+](=O)[O-])c2ccccc12. The van der Waals surface area contributed by atoms with Crippen molar-refractivity contribution in [2.75, 3.05) is 6.61 Å². The van der Waals surface area contributed by atoms with E-state index in [1.165, 1.54) is 13.0 Å². The van der Waals surface area contributed by atoms with Gasteiger partial charge >= 0.3 is 0 Å². The van der Waals surface area contributed by atoms with Crippen molar-refractivity contribution in [1.82, 2.24) is 0 Å². The predicted molar refractivity (Wildman–Crippen MR) is 71.4 cm³/mol. The lowest BCUT2D eigenvalue weighted by Crippen LogP contribution is -2.03. The van der Waals surface area contributed by atoms with Crippen molar-refractivity contribution in [3.63, 3.8) is 0 Å². The fourth-order valence-electron chi connectivity index (χ4n) is 1.85. The first-order valence-electron chi connectivity index (χ1n) is 5.88. The van der Waals surface area contributed by atoms with Crippen LogP contribution < -0.4 is 4.74 Å². The molecule has 0 fully saturated rings. The number of fused-ring (bicyclic) bond motifs is 1. The molecule has 0 aliphatic rings. The van der Waals surface area contributed by atoms with E-state index in [9.17, 15) is 14.9 Å². The summed E-state index contributed by atoms with van der Waals surface area (Å²) in [4.78, 5) is 21.4. The van der Waals surface area contributed by atoms with Crippen LogP contribution in [0.25, 0.3) is 10.8 Å². The molecule has 98 valence electrons. The first kappa shape index (κ1) is 13.0. The molecule has 0 bridgehead atoms. The molecule has 0 aromatic heterocycles. The normalized spacial score (nSPS) is 10.4. The summed E-state index contributed by atoms with van der Waals surface area (Å²) in [6, 6.07) is 9.99. The zero-order valence-corrected chi connectivity index (χ0v) is 10.5. The van der Waals surface area contributed by atoms with E-state index in [0.717, 1.165) is 0 Å². The van der Waals surface area contributed by atoms with Gasteiger partial charge in [-0.1, -0.05) is 18.2 Å². The minimum absolute atomic E-state index is 0.0474. The number of Topliss-reactive ketones (excluding diaryl/α,β-unsaturated/α-hetero) is 1. The molecule has 0 radical (unpaired) electrons. The van der Waals surface area contributed by atoms with Crippen LogP contribution in [0.3, 0.4) is 0 Å². The van der Waals surface area contributed by atoms with E-state index < -0.39 is 4.92 Å². The first-order valence-corrected chi connectivity index (χ1v) is 5.88. The quantitative estimate of drug-likeness (QED) is 0.611. The predicted octanol–water partition coefficient (Wildman–Crippen LogP) is 3.11. The van der Waals surface area contributed by atoms with Crippen LogP contribution in [0.1, 0.15) is 13.3 Å². The molecule has 0 aliphatic carbocycles. The number of benzene rings is 2. The lowest BCUT2D eigenvalue weighted by atomic mass is 10.1. The van der Waals surface area contributed by atoms with E-state index in [0.29, 0.717) is 22.9 Å². The number of hydrogen-bond donors (Lipinski definition) is 0. The second-order valence-electron chi connectivity index (χ2n) is 4.19. The standard InChI is InChI=1S/C14H13NO4/c1-10(16)8-9-19-14-7-6-13(15(17)18)11-4-2-3-5-12(11)14/h2-7H,8-9H2,1H3. The molecule has 0 atom stereocenters. The van der Waals surface area contributed by atoms with Crippen molar-refractivity contribution < 1.29 is 14.5 Å². The number of ether oxygens (including phenoxy) is 1. The molecule has 0 unspecified atom stereocenters. The highest BCUT2D eigenvalue weighted by atomic mass is 16.6. The second-order valence-corrected chi connectivity index (χ2v) is 4.19. The molecule has 0 N–H and O–H groups in total. The summed E-state index contributed by atoms with van der Waals surface area (Å²) in [7, 11) is 0. The molecule has 5 nitrogen and oxygen atoms in total. The summed E-state index contributed by atoms with van der Waals surface area (Å²) >= 11 is 0. The van der Waals surface area contributed by atoms with E-state index in [2.05, 4.69) is 0 Å². The zero-order chi connectivity index (χ0) is 13.8. The summed E-state index contributed by atoms with van der Waals surface area (Å²) in [6.45, 7) is 1.77. The lowest BCUT2D eigenvalue weighted by molar-refractivity contribution is -0.383. The molecular formula is C14H13NO4. The largest absolute Gasteiger partial charge is 0.492 e. The monoisotopic (exact) mass is 259 g/mol. The molecule has 0 saturated heterocycles. The Kier molecular flexibility index (Phi) is 3.75. The highest BCUT2D eigenvalue weighted by molar-refractivity contribution is 5.95. The van der Waals surface area contributed by atoms with Gasteiger partial charge in [-0.3, -0.25) is 14.9 Å². The van der Waals surface area contributed by atoms with Gasteiger partial charge in [0.25, 0.3) is 5.69 Å². The average Bonchev–Trinajstić information content (AvgIpc) is 2.38. The van der Waals surface area contributed by atoms with Crippen molar-refractivity contribution in [3.8, 4) is 5.75 Å². The summed E-state index contributed by atoms with van der Waals surface area (Å²) < 4.78 is 5.52. The van der Waals surface area contributed by atoms with Gasteiger partial charge in [-0.25, -0.2) is 0 Å². The molecule has 0 saturated carbocycles. The van der Waals surface area contributed by atoms with Crippen molar-refractivity contribution in [3.05, 3.63) is 46.5 Å².